The molecular weight excluding hydrogens is 262 g/mol. The molecule has 104 valence electrons. The van der Waals surface area contributed by atoms with Gasteiger partial charge in [-0.2, -0.15) is 0 Å². The molecule has 19 heavy (non-hydrogen) atoms. The van der Waals surface area contributed by atoms with Crippen molar-refractivity contribution in [1.29, 1.82) is 0 Å². The van der Waals surface area contributed by atoms with Crippen molar-refractivity contribution < 1.29 is 9.47 Å². The van der Waals surface area contributed by atoms with Gasteiger partial charge in [0, 0.05) is 16.7 Å². The highest BCUT2D eigenvalue weighted by Gasteiger charge is 2.29. The van der Waals surface area contributed by atoms with E-state index < -0.39 is 0 Å². The maximum absolute atomic E-state index is 6.22. The molecular formula is C15H20ClNO2. The summed E-state index contributed by atoms with van der Waals surface area (Å²) in [7, 11) is 1.68. The van der Waals surface area contributed by atoms with Crippen molar-refractivity contribution in [3.05, 3.63) is 22.7 Å². The maximum atomic E-state index is 6.22. The van der Waals surface area contributed by atoms with E-state index in [2.05, 4.69) is 11.4 Å². The summed E-state index contributed by atoms with van der Waals surface area (Å²) >= 11 is 6.22. The third-order valence-electron chi connectivity index (χ3n) is 3.86. The number of rotatable bonds is 4. The second-order valence-corrected chi connectivity index (χ2v) is 5.80. The number of hydrogen-bond donors (Lipinski definition) is 1. The molecule has 1 heterocycles. The lowest BCUT2D eigenvalue weighted by atomic mass is 9.89. The van der Waals surface area contributed by atoms with Crippen LogP contribution in [0.3, 0.4) is 0 Å². The van der Waals surface area contributed by atoms with E-state index in [9.17, 15) is 0 Å². The van der Waals surface area contributed by atoms with Crippen LogP contribution in [0.1, 0.15) is 37.2 Å². The van der Waals surface area contributed by atoms with Gasteiger partial charge in [-0.05, 0) is 50.8 Å². The van der Waals surface area contributed by atoms with Gasteiger partial charge in [0.2, 0.25) is 0 Å². The van der Waals surface area contributed by atoms with E-state index in [1.807, 2.05) is 6.07 Å². The van der Waals surface area contributed by atoms with Crippen LogP contribution in [-0.2, 0) is 0 Å². The highest BCUT2D eigenvalue weighted by atomic mass is 35.5. The Bertz CT molecular complexity index is 454. The van der Waals surface area contributed by atoms with Gasteiger partial charge in [0.15, 0.2) is 11.5 Å². The van der Waals surface area contributed by atoms with Gasteiger partial charge in [0.05, 0.1) is 13.2 Å². The first-order valence-electron chi connectivity index (χ1n) is 7.02. The number of methoxy groups -OCH3 is 1. The van der Waals surface area contributed by atoms with Crippen LogP contribution < -0.4 is 14.8 Å². The molecule has 3 rings (SSSR count). The zero-order chi connectivity index (χ0) is 13.2. The van der Waals surface area contributed by atoms with E-state index in [4.69, 9.17) is 21.1 Å². The first kappa shape index (κ1) is 13.1. The maximum Gasteiger partial charge on any atom is 0.165 e. The van der Waals surface area contributed by atoms with Crippen molar-refractivity contribution in [2.24, 2.45) is 0 Å². The summed E-state index contributed by atoms with van der Waals surface area (Å²) in [4.78, 5) is 0. The molecule has 1 saturated carbocycles. The normalized spacial score (nSPS) is 20.3. The molecule has 0 aromatic heterocycles. The average molecular weight is 282 g/mol. The predicted molar refractivity (Wildman–Crippen MR) is 76.5 cm³/mol. The Hall–Kier alpha value is -0.930. The van der Waals surface area contributed by atoms with Crippen LogP contribution in [0, 0.1) is 0 Å². The van der Waals surface area contributed by atoms with E-state index in [0.717, 1.165) is 55.3 Å². The summed E-state index contributed by atoms with van der Waals surface area (Å²) in [6, 6.07) is 3.90. The molecule has 1 saturated heterocycles. The molecule has 1 N–H and O–H groups in total. The van der Waals surface area contributed by atoms with Crippen LogP contribution in [0.2, 0.25) is 5.02 Å². The van der Waals surface area contributed by atoms with E-state index in [1.54, 1.807) is 7.11 Å². The van der Waals surface area contributed by atoms with Crippen molar-refractivity contribution >= 4 is 11.6 Å². The molecule has 3 nitrogen and oxygen atoms in total. The van der Waals surface area contributed by atoms with Gasteiger partial charge in [0.25, 0.3) is 0 Å². The Kier molecular flexibility index (Phi) is 3.85. The minimum absolute atomic E-state index is 0.371. The van der Waals surface area contributed by atoms with Gasteiger partial charge in [-0.3, -0.25) is 0 Å². The molecule has 0 bridgehead atoms. The summed E-state index contributed by atoms with van der Waals surface area (Å²) in [5.74, 6) is 2.21. The summed E-state index contributed by atoms with van der Waals surface area (Å²) in [5.41, 5.74) is 1.22. The quantitative estimate of drug-likeness (QED) is 0.918. The van der Waals surface area contributed by atoms with Crippen LogP contribution >= 0.6 is 11.6 Å². The fourth-order valence-electron chi connectivity index (χ4n) is 2.66. The zero-order valence-corrected chi connectivity index (χ0v) is 12.0. The fourth-order valence-corrected chi connectivity index (χ4v) is 2.87. The summed E-state index contributed by atoms with van der Waals surface area (Å²) in [5, 5.41) is 4.13. The molecule has 2 fully saturated rings. The largest absolute Gasteiger partial charge is 0.493 e. The summed E-state index contributed by atoms with van der Waals surface area (Å²) < 4.78 is 11.5. The topological polar surface area (TPSA) is 30.5 Å². The predicted octanol–water partition coefficient (Wildman–Crippen LogP) is 3.36. The first-order chi connectivity index (χ1) is 9.28. The van der Waals surface area contributed by atoms with Gasteiger partial charge < -0.3 is 14.8 Å². The number of ether oxygens (including phenoxy) is 2. The second-order valence-electron chi connectivity index (χ2n) is 5.37. The number of halogens is 1. The highest BCUT2D eigenvalue weighted by molar-refractivity contribution is 6.30. The molecule has 2 aliphatic rings. The molecule has 0 spiro atoms. The number of benzene rings is 1. The van der Waals surface area contributed by atoms with Crippen molar-refractivity contribution in [3.63, 3.8) is 0 Å². The minimum atomic E-state index is 0.371. The first-order valence-corrected chi connectivity index (χ1v) is 7.40. The molecule has 1 aromatic rings. The third-order valence-corrected chi connectivity index (χ3v) is 4.07. The molecule has 0 unspecified atom stereocenters. The van der Waals surface area contributed by atoms with Crippen LogP contribution in [-0.4, -0.2) is 26.3 Å². The highest BCUT2D eigenvalue weighted by Crippen LogP contribution is 2.43. The Labute approximate surface area is 119 Å². The lowest BCUT2D eigenvalue weighted by Gasteiger charge is -2.26. The van der Waals surface area contributed by atoms with E-state index in [0.29, 0.717) is 12.0 Å². The Morgan fingerprint density at radius 3 is 2.53 bits per heavy atom. The molecule has 1 aliphatic carbocycles. The van der Waals surface area contributed by atoms with Gasteiger partial charge in [-0.15, -0.1) is 0 Å². The molecule has 0 amide bonds. The molecule has 1 aliphatic heterocycles. The van der Waals surface area contributed by atoms with E-state index in [1.165, 1.54) is 5.56 Å². The molecule has 0 atom stereocenters. The summed E-state index contributed by atoms with van der Waals surface area (Å²) in [6.45, 7) is 2.12. The smallest absolute Gasteiger partial charge is 0.165 e. The van der Waals surface area contributed by atoms with Gasteiger partial charge in [-0.1, -0.05) is 11.6 Å². The zero-order valence-electron chi connectivity index (χ0n) is 11.2. The lowest BCUT2D eigenvalue weighted by molar-refractivity contribution is 0.275. The Morgan fingerprint density at radius 2 is 1.89 bits per heavy atom. The van der Waals surface area contributed by atoms with Gasteiger partial charge >= 0.3 is 0 Å². The number of hydrogen-bond acceptors (Lipinski definition) is 3. The van der Waals surface area contributed by atoms with Crippen LogP contribution in [0.25, 0.3) is 0 Å². The number of piperidine rings is 1. The Balaban J connectivity index is 1.95. The third kappa shape index (κ3) is 2.98. The van der Waals surface area contributed by atoms with E-state index in [-0.39, 0.29) is 0 Å². The lowest BCUT2D eigenvalue weighted by Crippen LogP contribution is -2.27. The van der Waals surface area contributed by atoms with Crippen molar-refractivity contribution in [2.75, 3.05) is 20.2 Å². The van der Waals surface area contributed by atoms with Crippen molar-refractivity contribution in [3.8, 4) is 11.5 Å². The summed E-state index contributed by atoms with van der Waals surface area (Å²) in [6.07, 6.45) is 4.93. The van der Waals surface area contributed by atoms with Crippen LogP contribution in [0.4, 0.5) is 0 Å². The minimum Gasteiger partial charge on any atom is -0.493 e. The SMILES string of the molecule is COc1cc(Cl)cc(C2CCNCC2)c1OC1CC1. The van der Waals surface area contributed by atoms with Crippen molar-refractivity contribution in [1.82, 2.24) is 5.32 Å². The van der Waals surface area contributed by atoms with Crippen LogP contribution in [0.15, 0.2) is 12.1 Å². The van der Waals surface area contributed by atoms with Gasteiger partial charge in [-0.25, -0.2) is 0 Å². The molecule has 4 heteroatoms. The van der Waals surface area contributed by atoms with Gasteiger partial charge in [0.1, 0.15) is 0 Å². The average Bonchev–Trinajstić information content (AvgIpc) is 3.25. The standard InChI is InChI=1S/C15H20ClNO2/c1-18-14-9-11(16)8-13(10-4-6-17-7-5-10)15(14)19-12-2-3-12/h8-10,12,17H,2-7H2,1H3. The molecule has 0 radical (unpaired) electrons. The monoisotopic (exact) mass is 281 g/mol. The van der Waals surface area contributed by atoms with Crippen molar-refractivity contribution in [2.45, 2.75) is 37.7 Å². The number of nitrogens with one attached hydrogen (secondary N) is 1. The Morgan fingerprint density at radius 1 is 1.16 bits per heavy atom. The fraction of sp³-hybridized carbons (Fsp3) is 0.600. The van der Waals surface area contributed by atoms with E-state index >= 15 is 0 Å². The second kappa shape index (κ2) is 5.59. The molecule has 1 aromatic carbocycles. The van der Waals surface area contributed by atoms with Crippen LogP contribution in [0.5, 0.6) is 11.5 Å².